The van der Waals surface area contributed by atoms with Crippen LogP contribution in [-0.4, -0.2) is 29.5 Å². The van der Waals surface area contributed by atoms with Gasteiger partial charge in [0.05, 0.1) is 0 Å². The highest BCUT2D eigenvalue weighted by atomic mass is 32.1. The number of hydrogen-bond donors (Lipinski definition) is 2. The van der Waals surface area contributed by atoms with Crippen LogP contribution in [0.3, 0.4) is 0 Å². The molecule has 0 saturated heterocycles. The molecule has 0 spiro atoms. The molecule has 1 aromatic carbocycles. The van der Waals surface area contributed by atoms with Gasteiger partial charge in [0.1, 0.15) is 5.84 Å². The molecule has 0 unspecified atom stereocenters. The minimum Gasteiger partial charge on any atom is -0.409 e. The second-order valence-corrected chi connectivity index (χ2v) is 5.25. The highest BCUT2D eigenvalue weighted by Gasteiger charge is 2.07. The van der Waals surface area contributed by atoms with Crippen LogP contribution in [0.25, 0.3) is 10.1 Å². The quantitative estimate of drug-likeness (QED) is 0.377. The van der Waals surface area contributed by atoms with E-state index in [0.29, 0.717) is 6.42 Å². The number of nitrogens with zero attached hydrogens (tertiary/aromatic N) is 2. The highest BCUT2D eigenvalue weighted by Crippen LogP contribution is 2.26. The molecule has 0 bridgehead atoms. The van der Waals surface area contributed by atoms with Gasteiger partial charge in [-0.3, -0.25) is 0 Å². The minimum atomic E-state index is 0.275. The van der Waals surface area contributed by atoms with Crippen molar-refractivity contribution in [3.05, 3.63) is 35.2 Å². The molecule has 0 radical (unpaired) electrons. The van der Waals surface area contributed by atoms with Crippen molar-refractivity contribution in [3.63, 3.8) is 0 Å². The van der Waals surface area contributed by atoms with Crippen molar-refractivity contribution in [2.45, 2.75) is 13.0 Å². The van der Waals surface area contributed by atoms with Gasteiger partial charge in [0, 0.05) is 24.2 Å². The number of nitrogens with two attached hydrogens (primary N) is 1. The maximum Gasteiger partial charge on any atom is 0.140 e. The Bertz CT molecular complexity index is 550. The summed E-state index contributed by atoms with van der Waals surface area (Å²) in [5, 5.41) is 15.0. The maximum atomic E-state index is 8.49. The molecule has 96 valence electrons. The van der Waals surface area contributed by atoms with Crippen LogP contribution in [0.15, 0.2) is 34.8 Å². The van der Waals surface area contributed by atoms with Gasteiger partial charge in [-0.15, -0.1) is 11.3 Å². The Balaban J connectivity index is 2.01. The van der Waals surface area contributed by atoms with Crippen molar-refractivity contribution >= 4 is 27.3 Å². The average Bonchev–Trinajstić information content (AvgIpc) is 2.79. The first-order valence-electron chi connectivity index (χ1n) is 5.80. The first-order valence-corrected chi connectivity index (χ1v) is 6.68. The first kappa shape index (κ1) is 12.9. The number of oxime groups is 1. The zero-order chi connectivity index (χ0) is 13.0. The van der Waals surface area contributed by atoms with Gasteiger partial charge in [-0.2, -0.15) is 0 Å². The summed E-state index contributed by atoms with van der Waals surface area (Å²) in [4.78, 5) is 2.17. The molecule has 1 aromatic heterocycles. The van der Waals surface area contributed by atoms with Gasteiger partial charge in [0.15, 0.2) is 0 Å². The molecule has 0 amide bonds. The zero-order valence-electron chi connectivity index (χ0n) is 10.3. The third-order valence-corrected chi connectivity index (χ3v) is 3.89. The second-order valence-electron chi connectivity index (χ2n) is 4.34. The van der Waals surface area contributed by atoms with Gasteiger partial charge in [-0.25, -0.2) is 0 Å². The molecular weight excluding hydrogens is 246 g/mol. The lowest BCUT2D eigenvalue weighted by Crippen LogP contribution is -2.24. The first-order chi connectivity index (χ1) is 8.70. The molecule has 0 aliphatic rings. The summed E-state index contributed by atoms with van der Waals surface area (Å²) < 4.78 is 1.32. The van der Waals surface area contributed by atoms with Gasteiger partial charge in [-0.05, 0) is 29.4 Å². The monoisotopic (exact) mass is 263 g/mol. The lowest BCUT2D eigenvalue weighted by Gasteiger charge is -2.15. The Morgan fingerprint density at radius 1 is 1.44 bits per heavy atom. The fourth-order valence-electron chi connectivity index (χ4n) is 1.88. The molecule has 0 aliphatic carbocycles. The van der Waals surface area contributed by atoms with Crippen molar-refractivity contribution in [2.24, 2.45) is 10.9 Å². The van der Waals surface area contributed by atoms with Gasteiger partial charge in [-0.1, -0.05) is 23.4 Å². The molecule has 1 heterocycles. The lowest BCUT2D eigenvalue weighted by atomic mass is 10.1. The summed E-state index contributed by atoms with van der Waals surface area (Å²) in [7, 11) is 2.04. The molecule has 0 atom stereocenters. The Hall–Kier alpha value is -1.59. The smallest absolute Gasteiger partial charge is 0.140 e. The Labute approximate surface area is 110 Å². The summed E-state index contributed by atoms with van der Waals surface area (Å²) in [5.74, 6) is 0.275. The molecule has 2 aromatic rings. The molecule has 0 saturated carbocycles. The Morgan fingerprint density at radius 3 is 3.00 bits per heavy atom. The summed E-state index contributed by atoms with van der Waals surface area (Å²) in [5.41, 5.74) is 6.79. The van der Waals surface area contributed by atoms with E-state index >= 15 is 0 Å². The number of rotatable bonds is 5. The number of amidine groups is 1. The van der Waals surface area contributed by atoms with Crippen molar-refractivity contribution < 1.29 is 5.21 Å². The fraction of sp³-hybridized carbons (Fsp3) is 0.308. The molecule has 3 N–H and O–H groups in total. The van der Waals surface area contributed by atoms with Gasteiger partial charge in [0.25, 0.3) is 0 Å². The molecule has 18 heavy (non-hydrogen) atoms. The number of benzene rings is 1. The SMILES string of the molecule is CN(CCC(N)=NO)Cc1csc2ccccc12. The number of fused-ring (bicyclic) bond motifs is 1. The highest BCUT2D eigenvalue weighted by molar-refractivity contribution is 7.17. The van der Waals surface area contributed by atoms with Crippen LogP contribution in [0.1, 0.15) is 12.0 Å². The Morgan fingerprint density at radius 2 is 2.22 bits per heavy atom. The van der Waals surface area contributed by atoms with E-state index in [0.717, 1.165) is 13.1 Å². The molecular formula is C13H17N3OS. The fourth-order valence-corrected chi connectivity index (χ4v) is 2.83. The predicted octanol–water partition coefficient (Wildman–Crippen LogP) is 2.47. The topological polar surface area (TPSA) is 61.8 Å². The van der Waals surface area contributed by atoms with Crippen molar-refractivity contribution in [1.82, 2.24) is 4.90 Å². The molecule has 2 rings (SSSR count). The number of thiophene rings is 1. The summed E-state index contributed by atoms with van der Waals surface area (Å²) >= 11 is 1.77. The third kappa shape index (κ3) is 3.00. The second kappa shape index (κ2) is 5.84. The van der Waals surface area contributed by atoms with Crippen molar-refractivity contribution in [2.75, 3.05) is 13.6 Å². The third-order valence-electron chi connectivity index (χ3n) is 2.88. The average molecular weight is 263 g/mol. The van der Waals surface area contributed by atoms with Crippen LogP contribution < -0.4 is 5.73 Å². The van der Waals surface area contributed by atoms with E-state index < -0.39 is 0 Å². The van der Waals surface area contributed by atoms with Gasteiger partial charge < -0.3 is 15.8 Å². The van der Waals surface area contributed by atoms with Crippen LogP contribution in [0.4, 0.5) is 0 Å². The van der Waals surface area contributed by atoms with Crippen molar-refractivity contribution in [1.29, 1.82) is 0 Å². The summed E-state index contributed by atoms with van der Waals surface area (Å²) in [6.45, 7) is 1.66. The summed E-state index contributed by atoms with van der Waals surface area (Å²) in [6.07, 6.45) is 0.578. The van der Waals surface area contributed by atoms with E-state index in [1.807, 2.05) is 7.05 Å². The maximum absolute atomic E-state index is 8.49. The van der Waals surface area contributed by atoms with Crippen LogP contribution >= 0.6 is 11.3 Å². The number of hydrogen-bond acceptors (Lipinski definition) is 4. The van der Waals surface area contributed by atoms with Crippen molar-refractivity contribution in [3.8, 4) is 0 Å². The standard InChI is InChI=1S/C13H17N3OS/c1-16(7-6-13(14)15-17)8-10-9-18-12-5-3-2-4-11(10)12/h2-5,9,17H,6-8H2,1H3,(H2,14,15). The normalized spacial score (nSPS) is 12.4. The van der Waals surface area contributed by atoms with E-state index in [2.05, 4.69) is 39.7 Å². The molecule has 0 aliphatic heterocycles. The van der Waals surface area contributed by atoms with E-state index in [4.69, 9.17) is 10.9 Å². The largest absolute Gasteiger partial charge is 0.409 e. The molecule has 4 nitrogen and oxygen atoms in total. The van der Waals surface area contributed by atoms with Gasteiger partial charge >= 0.3 is 0 Å². The minimum absolute atomic E-state index is 0.275. The predicted molar refractivity (Wildman–Crippen MR) is 76.2 cm³/mol. The lowest BCUT2D eigenvalue weighted by molar-refractivity contribution is 0.310. The zero-order valence-corrected chi connectivity index (χ0v) is 11.2. The van der Waals surface area contributed by atoms with Crippen LogP contribution in [-0.2, 0) is 6.54 Å². The van der Waals surface area contributed by atoms with E-state index in [1.54, 1.807) is 11.3 Å². The molecule has 0 fully saturated rings. The van der Waals surface area contributed by atoms with Crippen LogP contribution in [0.2, 0.25) is 0 Å². The van der Waals surface area contributed by atoms with E-state index in [-0.39, 0.29) is 5.84 Å². The Kier molecular flexibility index (Phi) is 4.17. The van der Waals surface area contributed by atoms with E-state index in [9.17, 15) is 0 Å². The van der Waals surface area contributed by atoms with E-state index in [1.165, 1.54) is 15.6 Å². The van der Waals surface area contributed by atoms with Crippen LogP contribution in [0.5, 0.6) is 0 Å². The van der Waals surface area contributed by atoms with Gasteiger partial charge in [0.2, 0.25) is 0 Å². The summed E-state index contributed by atoms with van der Waals surface area (Å²) in [6, 6.07) is 8.41. The molecule has 5 heteroatoms. The van der Waals surface area contributed by atoms with Crippen LogP contribution in [0, 0.1) is 0 Å².